The van der Waals surface area contributed by atoms with Crippen molar-refractivity contribution in [3.8, 4) is 5.75 Å². The lowest BCUT2D eigenvalue weighted by atomic mass is 10.1. The van der Waals surface area contributed by atoms with E-state index in [0.29, 0.717) is 0 Å². The van der Waals surface area contributed by atoms with Crippen LogP contribution in [0, 0.1) is 0 Å². The molecule has 0 saturated heterocycles. The summed E-state index contributed by atoms with van der Waals surface area (Å²) in [6.07, 6.45) is 2.76. The summed E-state index contributed by atoms with van der Waals surface area (Å²) in [4.78, 5) is 2.42. The summed E-state index contributed by atoms with van der Waals surface area (Å²) in [5, 5.41) is 0. The number of methoxy groups -OCH3 is 1. The van der Waals surface area contributed by atoms with E-state index in [4.69, 9.17) is 4.74 Å². The minimum atomic E-state index is 0.812. The molecule has 26 heavy (non-hydrogen) atoms. The molecule has 0 fully saturated rings. The second kappa shape index (κ2) is 8.91. The Kier molecular flexibility index (Phi) is 6.10. The van der Waals surface area contributed by atoms with Crippen LogP contribution in [-0.2, 0) is 19.5 Å². The van der Waals surface area contributed by atoms with Crippen molar-refractivity contribution >= 4 is 5.69 Å². The van der Waals surface area contributed by atoms with Crippen LogP contribution in [0.25, 0.3) is 0 Å². The fourth-order valence-corrected chi connectivity index (χ4v) is 3.15. The lowest BCUT2D eigenvalue weighted by Gasteiger charge is -2.28. The molecule has 2 heteroatoms. The van der Waals surface area contributed by atoms with Gasteiger partial charge in [-0.05, 0) is 41.3 Å². The molecule has 3 rings (SSSR count). The van der Waals surface area contributed by atoms with E-state index in [0.717, 1.165) is 25.3 Å². The summed E-state index contributed by atoms with van der Waals surface area (Å²) in [5.74, 6) is 0.880. The van der Waals surface area contributed by atoms with Crippen molar-refractivity contribution < 1.29 is 4.74 Å². The van der Waals surface area contributed by atoms with Gasteiger partial charge in [-0.1, -0.05) is 66.7 Å². The van der Waals surface area contributed by atoms with Gasteiger partial charge in [0.05, 0.1) is 7.11 Å². The molecule has 0 heterocycles. The molecule has 2 nitrogen and oxygen atoms in total. The third kappa shape index (κ3) is 4.54. The third-order valence-corrected chi connectivity index (χ3v) is 4.42. The summed E-state index contributed by atoms with van der Waals surface area (Å²) in [6, 6.07) is 27.5. The predicted molar refractivity (Wildman–Crippen MR) is 110 cm³/mol. The molecule has 0 aliphatic heterocycles. The van der Waals surface area contributed by atoms with Gasteiger partial charge in [0.25, 0.3) is 0 Å². The van der Waals surface area contributed by atoms with Crippen LogP contribution in [0.4, 0.5) is 5.69 Å². The highest BCUT2D eigenvalue weighted by molar-refractivity contribution is 5.57. The van der Waals surface area contributed by atoms with E-state index < -0.39 is 0 Å². The van der Waals surface area contributed by atoms with Crippen molar-refractivity contribution in [1.82, 2.24) is 0 Å². The molecular formula is C24H25NO. The van der Waals surface area contributed by atoms with Gasteiger partial charge in [0.15, 0.2) is 0 Å². The number of rotatable bonds is 8. The number of hydrogen-bond donors (Lipinski definition) is 0. The first-order valence-electron chi connectivity index (χ1n) is 8.90. The highest BCUT2D eigenvalue weighted by Gasteiger charge is 2.13. The van der Waals surface area contributed by atoms with Crippen LogP contribution in [0.3, 0.4) is 0 Å². The maximum Gasteiger partial charge on any atom is 0.119 e. The van der Waals surface area contributed by atoms with Crippen molar-refractivity contribution in [3.05, 3.63) is 108 Å². The van der Waals surface area contributed by atoms with E-state index in [-0.39, 0.29) is 0 Å². The van der Waals surface area contributed by atoms with E-state index in [1.165, 1.54) is 22.4 Å². The van der Waals surface area contributed by atoms with Gasteiger partial charge in [-0.3, -0.25) is 0 Å². The van der Waals surface area contributed by atoms with E-state index in [9.17, 15) is 0 Å². The second-order valence-electron chi connectivity index (χ2n) is 6.31. The highest BCUT2D eigenvalue weighted by Crippen LogP contribution is 2.29. The van der Waals surface area contributed by atoms with Crippen molar-refractivity contribution in [3.63, 3.8) is 0 Å². The molecule has 0 radical (unpaired) electrons. The molecule has 0 spiro atoms. The molecule has 0 amide bonds. The Hall–Kier alpha value is -3.00. The van der Waals surface area contributed by atoms with Crippen molar-refractivity contribution in [2.75, 3.05) is 12.0 Å². The number of ether oxygens (including phenoxy) is 1. The first-order valence-corrected chi connectivity index (χ1v) is 8.90. The number of anilines is 1. The largest absolute Gasteiger partial charge is 0.497 e. The fourth-order valence-electron chi connectivity index (χ4n) is 3.15. The van der Waals surface area contributed by atoms with Crippen molar-refractivity contribution in [1.29, 1.82) is 0 Å². The van der Waals surface area contributed by atoms with Crippen LogP contribution in [0.1, 0.15) is 16.7 Å². The van der Waals surface area contributed by atoms with Gasteiger partial charge in [-0.2, -0.15) is 0 Å². The molecular weight excluding hydrogens is 318 g/mol. The Bertz CT molecular complexity index is 786. The lowest BCUT2D eigenvalue weighted by Crippen LogP contribution is -2.23. The normalized spacial score (nSPS) is 10.3. The molecule has 0 unspecified atom stereocenters. The van der Waals surface area contributed by atoms with Gasteiger partial charge in [0.2, 0.25) is 0 Å². The monoisotopic (exact) mass is 343 g/mol. The van der Waals surface area contributed by atoms with Crippen LogP contribution in [0.5, 0.6) is 5.75 Å². The Balaban J connectivity index is 1.97. The van der Waals surface area contributed by atoms with Crippen LogP contribution in [-0.4, -0.2) is 7.11 Å². The van der Waals surface area contributed by atoms with Crippen LogP contribution in [0.15, 0.2) is 91.5 Å². The molecule has 0 saturated carbocycles. The summed E-state index contributed by atoms with van der Waals surface area (Å²) >= 11 is 0. The molecule has 0 aromatic heterocycles. The Morgan fingerprint density at radius 2 is 1.42 bits per heavy atom. The van der Waals surface area contributed by atoms with E-state index in [2.05, 4.69) is 84.3 Å². The fraction of sp³-hybridized carbons (Fsp3) is 0.167. The predicted octanol–water partition coefficient (Wildman–Crippen LogP) is 5.63. The lowest BCUT2D eigenvalue weighted by molar-refractivity contribution is 0.414. The first-order chi connectivity index (χ1) is 12.8. The van der Waals surface area contributed by atoms with Gasteiger partial charge in [-0.25, -0.2) is 0 Å². The average Bonchev–Trinajstić information content (AvgIpc) is 2.69. The smallest absolute Gasteiger partial charge is 0.119 e. The van der Waals surface area contributed by atoms with Crippen LogP contribution >= 0.6 is 0 Å². The molecule has 3 aromatic rings. The number of hydrogen-bond acceptors (Lipinski definition) is 2. The minimum absolute atomic E-state index is 0.812. The zero-order valence-electron chi connectivity index (χ0n) is 15.3. The molecule has 3 aromatic carbocycles. The Morgan fingerprint density at radius 1 is 0.846 bits per heavy atom. The van der Waals surface area contributed by atoms with Gasteiger partial charge < -0.3 is 9.64 Å². The maximum absolute atomic E-state index is 5.42. The molecule has 0 bridgehead atoms. The maximum atomic E-state index is 5.42. The summed E-state index contributed by atoms with van der Waals surface area (Å²) in [7, 11) is 1.71. The first kappa shape index (κ1) is 17.8. The second-order valence-corrected chi connectivity index (χ2v) is 6.31. The van der Waals surface area contributed by atoms with Gasteiger partial charge in [-0.15, -0.1) is 6.58 Å². The summed E-state index contributed by atoms with van der Waals surface area (Å²) < 4.78 is 5.42. The molecule has 0 aliphatic carbocycles. The van der Waals surface area contributed by atoms with E-state index >= 15 is 0 Å². The quantitative estimate of drug-likeness (QED) is 0.491. The molecule has 0 N–H and O–H groups in total. The zero-order chi connectivity index (χ0) is 18.2. The van der Waals surface area contributed by atoms with E-state index in [1.807, 2.05) is 12.1 Å². The Labute approximate surface area is 156 Å². The average molecular weight is 343 g/mol. The minimum Gasteiger partial charge on any atom is -0.497 e. The molecule has 0 aliphatic rings. The van der Waals surface area contributed by atoms with Gasteiger partial charge in [0.1, 0.15) is 5.75 Å². The SMILES string of the molecule is C=CCc1cc(OC)ccc1N(Cc1ccccc1)Cc1ccccc1. The Morgan fingerprint density at radius 3 is 1.92 bits per heavy atom. The summed E-state index contributed by atoms with van der Waals surface area (Å²) in [6.45, 7) is 5.63. The summed E-state index contributed by atoms with van der Waals surface area (Å²) in [5.41, 5.74) is 5.04. The number of nitrogens with zero attached hydrogens (tertiary/aromatic N) is 1. The van der Waals surface area contributed by atoms with Crippen LogP contribution in [0.2, 0.25) is 0 Å². The third-order valence-electron chi connectivity index (χ3n) is 4.42. The number of benzene rings is 3. The van der Waals surface area contributed by atoms with Gasteiger partial charge >= 0.3 is 0 Å². The van der Waals surface area contributed by atoms with Crippen LogP contribution < -0.4 is 9.64 Å². The molecule has 132 valence electrons. The zero-order valence-corrected chi connectivity index (χ0v) is 15.3. The van der Waals surface area contributed by atoms with E-state index in [1.54, 1.807) is 7.11 Å². The highest BCUT2D eigenvalue weighted by atomic mass is 16.5. The van der Waals surface area contributed by atoms with Gasteiger partial charge in [0, 0.05) is 18.8 Å². The standard InChI is InChI=1S/C24H25NO/c1-3-10-22-17-23(26-2)15-16-24(22)25(18-20-11-6-4-7-12-20)19-21-13-8-5-9-14-21/h3-9,11-17H,1,10,18-19H2,2H3. The number of allylic oxidation sites excluding steroid dienone is 1. The molecule has 0 atom stereocenters. The topological polar surface area (TPSA) is 12.5 Å². The van der Waals surface area contributed by atoms with Crippen molar-refractivity contribution in [2.45, 2.75) is 19.5 Å². The van der Waals surface area contributed by atoms with Crippen molar-refractivity contribution in [2.24, 2.45) is 0 Å².